The minimum absolute atomic E-state index is 0.00319. The normalized spacial score (nSPS) is 17.2. The predicted molar refractivity (Wildman–Crippen MR) is 157 cm³/mol. The van der Waals surface area contributed by atoms with Gasteiger partial charge in [-0.1, -0.05) is 5.16 Å². The molecule has 0 aromatic carbocycles. The number of aromatic nitrogens is 2. The van der Waals surface area contributed by atoms with Crippen LogP contribution < -0.4 is 32.4 Å². The van der Waals surface area contributed by atoms with Crippen molar-refractivity contribution in [1.82, 2.24) is 35.3 Å². The number of carbonyl (C=O) groups is 5. The summed E-state index contributed by atoms with van der Waals surface area (Å²) in [6.45, 7) is 2.41. The Morgan fingerprint density at radius 3 is 2.47 bits per heavy atom. The quantitative estimate of drug-likeness (QED) is 0.0328. The lowest BCUT2D eigenvalue weighted by atomic mass is 9.98. The van der Waals surface area contributed by atoms with Crippen LogP contribution in [0.5, 0.6) is 5.75 Å². The number of nitrogen functional groups attached to an aromatic ring is 1. The lowest BCUT2D eigenvalue weighted by Crippen LogP contribution is -2.74. The number of carboxylic acids is 1. The number of nitrogens with one attached hydrogen (secondary N) is 4. The van der Waals surface area contributed by atoms with Crippen LogP contribution in [0.4, 0.5) is 9.93 Å². The lowest BCUT2D eigenvalue weighted by Gasteiger charge is -2.44. The van der Waals surface area contributed by atoms with E-state index in [0.717, 1.165) is 31.3 Å². The van der Waals surface area contributed by atoms with E-state index in [-0.39, 0.29) is 20.8 Å². The van der Waals surface area contributed by atoms with Crippen molar-refractivity contribution in [1.29, 1.82) is 0 Å². The maximum Gasteiger partial charge on any atom is 0.362 e. The molecule has 1 saturated heterocycles. The van der Waals surface area contributed by atoms with Gasteiger partial charge in [0.15, 0.2) is 16.6 Å². The fourth-order valence-corrected chi connectivity index (χ4v) is 5.13. The molecule has 3 rings (SSSR count). The molecule has 22 nitrogen and oxygen atoms in total. The summed E-state index contributed by atoms with van der Waals surface area (Å²) < 4.78 is 33.7. The van der Waals surface area contributed by atoms with Crippen LogP contribution in [0.15, 0.2) is 27.6 Å². The van der Waals surface area contributed by atoms with Crippen LogP contribution in [0.25, 0.3) is 0 Å². The molecule has 256 valence electrons. The number of nitrogens with zero attached hydrogens (tertiary/aromatic N) is 4. The lowest BCUT2D eigenvalue weighted by molar-refractivity contribution is -0.161. The van der Waals surface area contributed by atoms with Gasteiger partial charge in [0.2, 0.25) is 16.9 Å². The molecule has 24 heteroatoms. The predicted octanol–water partition coefficient (Wildman–Crippen LogP) is -3.08. The third kappa shape index (κ3) is 8.61. The van der Waals surface area contributed by atoms with Gasteiger partial charge in [0, 0.05) is 18.0 Å². The minimum Gasteiger partial charge on any atom is -0.503 e. The van der Waals surface area contributed by atoms with E-state index >= 15 is 0 Å². The van der Waals surface area contributed by atoms with Crippen LogP contribution >= 0.6 is 11.3 Å². The molecule has 0 bridgehead atoms. The summed E-state index contributed by atoms with van der Waals surface area (Å²) >= 11 is 0.886. The number of urea groups is 1. The molecular formula is C23H29N9O13S2. The summed E-state index contributed by atoms with van der Waals surface area (Å²) in [5, 5.41) is 42.1. The summed E-state index contributed by atoms with van der Waals surface area (Å²) in [5.74, 6) is -5.57. The fraction of sp³-hybridized carbons (Fsp3) is 0.391. The number of carbonyl (C=O) groups excluding carboxylic acids is 4. The van der Waals surface area contributed by atoms with Crippen molar-refractivity contribution >= 4 is 62.2 Å². The number of hydrogen-bond acceptors (Lipinski definition) is 15. The summed E-state index contributed by atoms with van der Waals surface area (Å²) in [6, 6.07) is -4.64. The number of amides is 5. The highest BCUT2D eigenvalue weighted by Gasteiger charge is 2.54. The number of nitrogens with two attached hydrogens (primary N) is 1. The van der Waals surface area contributed by atoms with Gasteiger partial charge in [-0.2, -0.15) is 13.1 Å². The molecule has 0 saturated carbocycles. The van der Waals surface area contributed by atoms with E-state index < -0.39 is 93.7 Å². The number of aliphatic carboxylic acids is 1. The van der Waals surface area contributed by atoms with Gasteiger partial charge in [0.1, 0.15) is 17.8 Å². The second kappa shape index (κ2) is 13.9. The van der Waals surface area contributed by atoms with Crippen LogP contribution in [0, 0.1) is 0 Å². The standard InChI is InChI=1S/C23H29N9O13S2/c1-9(27-22(40)26-5-10-4-13(33)14(34)7-31(10)41)17(35)25-6-12-16(19(37)32(12)47(42,43)44)29-18(36)15(11-8-46-21(24)28-11)30-45-23(2,3)20(38)39/h4,7-9,12,16,34,41H,5-6H2,1-3H3,(H2,24,28)(H,25,35)(H,29,36)(H,38,39)(H2,26,27,40)(H,42,43,44)/t9-,12+,16+/m1/s1. The second-order valence-electron chi connectivity index (χ2n) is 10.2. The molecule has 3 atom stereocenters. The molecule has 2 aromatic rings. The van der Waals surface area contributed by atoms with E-state index in [1.54, 1.807) is 0 Å². The first-order chi connectivity index (χ1) is 21.7. The molecule has 0 radical (unpaired) electrons. The average molecular weight is 704 g/mol. The smallest absolute Gasteiger partial charge is 0.362 e. The van der Waals surface area contributed by atoms with Crippen molar-refractivity contribution in [2.45, 2.75) is 51.0 Å². The van der Waals surface area contributed by atoms with E-state index in [9.17, 15) is 57.2 Å². The Balaban J connectivity index is 1.69. The van der Waals surface area contributed by atoms with Crippen molar-refractivity contribution in [3.63, 3.8) is 0 Å². The Morgan fingerprint density at radius 1 is 1.23 bits per heavy atom. The Hall–Kier alpha value is -5.49. The first kappa shape index (κ1) is 36.0. The molecule has 10 N–H and O–H groups in total. The van der Waals surface area contributed by atoms with Gasteiger partial charge in [-0.3, -0.25) is 23.7 Å². The summed E-state index contributed by atoms with van der Waals surface area (Å²) in [4.78, 5) is 82.5. The molecule has 5 amide bonds. The molecule has 1 fully saturated rings. The van der Waals surface area contributed by atoms with Crippen molar-refractivity contribution in [2.75, 3.05) is 12.3 Å². The molecule has 1 aliphatic heterocycles. The van der Waals surface area contributed by atoms with E-state index in [2.05, 4.69) is 31.4 Å². The zero-order valence-corrected chi connectivity index (χ0v) is 26.2. The molecule has 0 unspecified atom stereocenters. The molecule has 0 aliphatic carbocycles. The number of anilines is 1. The number of rotatable bonds is 13. The highest BCUT2D eigenvalue weighted by Crippen LogP contribution is 2.24. The van der Waals surface area contributed by atoms with Gasteiger partial charge in [-0.25, -0.2) is 18.9 Å². The Labute approximate surface area is 268 Å². The number of oxime groups is 1. The number of pyridine rings is 1. The first-order valence-electron chi connectivity index (χ1n) is 13.0. The van der Waals surface area contributed by atoms with Gasteiger partial charge in [0.25, 0.3) is 11.8 Å². The molecule has 47 heavy (non-hydrogen) atoms. The van der Waals surface area contributed by atoms with Gasteiger partial charge in [-0.05, 0) is 20.8 Å². The number of β-lactam (4-membered cyclic amide) rings is 1. The summed E-state index contributed by atoms with van der Waals surface area (Å²) in [7, 11) is -5.18. The number of carboxylic acid groups (broad SMARTS) is 1. The maximum absolute atomic E-state index is 13.2. The summed E-state index contributed by atoms with van der Waals surface area (Å²) in [5.41, 5.74) is 1.94. The summed E-state index contributed by atoms with van der Waals surface area (Å²) in [6.07, 6.45) is 0.709. The van der Waals surface area contributed by atoms with Gasteiger partial charge in [-0.15, -0.1) is 11.3 Å². The first-order valence-corrected chi connectivity index (χ1v) is 15.3. The molecular weight excluding hydrogens is 674 g/mol. The van der Waals surface area contributed by atoms with Crippen molar-refractivity contribution in [3.05, 3.63) is 39.3 Å². The second-order valence-corrected chi connectivity index (χ2v) is 12.4. The van der Waals surface area contributed by atoms with Crippen LogP contribution in [0.3, 0.4) is 0 Å². The zero-order valence-electron chi connectivity index (χ0n) is 24.5. The van der Waals surface area contributed by atoms with Gasteiger partial charge >= 0.3 is 22.3 Å². The number of thiazole rings is 1. The molecule has 1 aliphatic rings. The van der Waals surface area contributed by atoms with E-state index in [0.29, 0.717) is 10.9 Å². The largest absolute Gasteiger partial charge is 0.503 e. The number of hydrogen-bond donors (Lipinski definition) is 9. The van der Waals surface area contributed by atoms with Crippen LogP contribution in [-0.4, -0.2) is 108 Å². The van der Waals surface area contributed by atoms with E-state index in [4.69, 9.17) is 10.6 Å². The SMILES string of the molecule is C[C@@H](NC(=O)NCc1cc(=O)c(O)cn1O)C(=O)NC[C@H]1[C@H](NC(=O)C(=NOC(C)(C)C(=O)O)c2csc(N)n2)C(=O)N1S(=O)(=O)O. The van der Waals surface area contributed by atoms with Crippen LogP contribution in [0.2, 0.25) is 0 Å². The highest BCUT2D eigenvalue weighted by molar-refractivity contribution is 7.84. The minimum atomic E-state index is -5.18. The molecule has 3 heterocycles. The Bertz CT molecular complexity index is 1790. The van der Waals surface area contributed by atoms with Crippen LogP contribution in [-0.2, 0) is 40.9 Å². The Kier molecular flexibility index (Phi) is 10.6. The number of aromatic hydroxyl groups is 1. The van der Waals surface area contributed by atoms with E-state index in [1.807, 2.05) is 0 Å². The topological polar surface area (TPSA) is 334 Å². The fourth-order valence-electron chi connectivity index (χ4n) is 3.70. The van der Waals surface area contributed by atoms with Crippen molar-refractivity contribution in [3.8, 4) is 5.75 Å². The van der Waals surface area contributed by atoms with Gasteiger partial charge < -0.3 is 47.3 Å². The average Bonchev–Trinajstić information content (AvgIpc) is 3.39. The molecule has 0 spiro atoms. The van der Waals surface area contributed by atoms with Crippen LogP contribution in [0.1, 0.15) is 32.2 Å². The zero-order chi connectivity index (χ0) is 35.4. The highest BCUT2D eigenvalue weighted by atomic mass is 32.2. The van der Waals surface area contributed by atoms with Gasteiger partial charge in [0.05, 0.1) is 24.5 Å². The van der Waals surface area contributed by atoms with Crippen molar-refractivity contribution in [2.24, 2.45) is 5.16 Å². The maximum atomic E-state index is 13.2. The van der Waals surface area contributed by atoms with E-state index in [1.165, 1.54) is 12.3 Å². The Morgan fingerprint density at radius 2 is 1.89 bits per heavy atom. The monoisotopic (exact) mass is 703 g/mol. The third-order valence-corrected chi connectivity index (χ3v) is 7.93. The molecule has 2 aromatic heterocycles. The third-order valence-electron chi connectivity index (χ3n) is 6.31. The van der Waals surface area contributed by atoms with Crippen molar-refractivity contribution < 1.29 is 57.2 Å².